The lowest BCUT2D eigenvalue weighted by Crippen LogP contribution is -2.40. The molecular formula is C32H40F4N8O3Si. The molecule has 1 atom stereocenters. The van der Waals surface area contributed by atoms with E-state index in [0.29, 0.717) is 60.8 Å². The van der Waals surface area contributed by atoms with E-state index < -0.39 is 25.8 Å². The van der Waals surface area contributed by atoms with Crippen molar-refractivity contribution >= 4 is 25.5 Å². The third kappa shape index (κ3) is 7.98. The number of piperidine rings is 1. The van der Waals surface area contributed by atoms with Gasteiger partial charge in [0.2, 0.25) is 11.9 Å². The van der Waals surface area contributed by atoms with Crippen LogP contribution in [-0.4, -0.2) is 82.5 Å². The number of benzene rings is 1. The minimum absolute atomic E-state index is 0.0326. The largest absolute Gasteiger partial charge is 0.484 e. The number of nitrogens with one attached hydrogen (secondary N) is 1. The van der Waals surface area contributed by atoms with Crippen molar-refractivity contribution in [2.45, 2.75) is 63.7 Å². The first-order chi connectivity index (χ1) is 22.8. The van der Waals surface area contributed by atoms with E-state index in [0.717, 1.165) is 10.7 Å². The lowest BCUT2D eigenvalue weighted by atomic mass is 10.1. The molecule has 6 rings (SSSR count). The molecule has 0 saturated carbocycles. The van der Waals surface area contributed by atoms with E-state index in [1.54, 1.807) is 25.4 Å². The maximum absolute atomic E-state index is 15.3. The summed E-state index contributed by atoms with van der Waals surface area (Å²) in [6, 6.07) is 7.04. The Morgan fingerprint density at radius 1 is 1.08 bits per heavy atom. The van der Waals surface area contributed by atoms with Gasteiger partial charge < -0.3 is 24.4 Å². The van der Waals surface area contributed by atoms with Gasteiger partial charge in [-0.25, -0.2) is 27.5 Å². The molecule has 2 fully saturated rings. The fourth-order valence-corrected chi connectivity index (χ4v) is 6.20. The molecule has 3 aromatic heterocycles. The fourth-order valence-electron chi connectivity index (χ4n) is 5.44. The van der Waals surface area contributed by atoms with Crippen LogP contribution in [0.3, 0.4) is 0 Å². The molecule has 2 aliphatic heterocycles. The van der Waals surface area contributed by atoms with Crippen molar-refractivity contribution in [3.05, 3.63) is 48.4 Å². The zero-order valence-corrected chi connectivity index (χ0v) is 28.5. The maximum atomic E-state index is 15.3. The van der Waals surface area contributed by atoms with E-state index in [1.165, 1.54) is 23.0 Å². The van der Waals surface area contributed by atoms with Crippen molar-refractivity contribution in [2.75, 3.05) is 43.1 Å². The van der Waals surface area contributed by atoms with Crippen LogP contribution in [0.25, 0.3) is 22.5 Å². The monoisotopic (exact) mass is 688 g/mol. The first-order valence-corrected chi connectivity index (χ1v) is 19.7. The summed E-state index contributed by atoms with van der Waals surface area (Å²) in [5.74, 6) is -2.43. The standard InChI is InChI=1S/C32H40F4N8O3Si/c1-42-31(39-22-5-6-24(26(33)16-22)25-18-38-44(28(25)34)20-46-13-14-48(2,3)4)40-29(41-42)21-15-27(47-23-7-12-45-19-23)30(37-17-21)43-10-8-32(35,36)9-11-43/h5-6,15-18,23H,7-14,19-20H2,1-4H3,(H,39,40,41). The molecule has 0 aliphatic carbocycles. The molecule has 258 valence electrons. The Morgan fingerprint density at radius 3 is 2.58 bits per heavy atom. The Kier molecular flexibility index (Phi) is 9.76. The van der Waals surface area contributed by atoms with Crippen LogP contribution >= 0.6 is 0 Å². The number of halogens is 4. The molecule has 48 heavy (non-hydrogen) atoms. The maximum Gasteiger partial charge on any atom is 0.251 e. The summed E-state index contributed by atoms with van der Waals surface area (Å²) >= 11 is 0. The molecule has 5 heterocycles. The summed E-state index contributed by atoms with van der Waals surface area (Å²) in [6.07, 6.45) is 2.87. The first-order valence-electron chi connectivity index (χ1n) is 16.0. The van der Waals surface area contributed by atoms with Crippen LogP contribution in [-0.2, 0) is 23.3 Å². The van der Waals surface area contributed by atoms with Gasteiger partial charge >= 0.3 is 0 Å². The Hall–Kier alpha value is -4.02. The highest BCUT2D eigenvalue weighted by molar-refractivity contribution is 6.76. The predicted molar refractivity (Wildman–Crippen MR) is 175 cm³/mol. The molecule has 0 amide bonds. The van der Waals surface area contributed by atoms with Gasteiger partial charge in [0.15, 0.2) is 17.4 Å². The van der Waals surface area contributed by atoms with Gasteiger partial charge in [0.1, 0.15) is 18.7 Å². The topological polar surface area (TPSA) is 104 Å². The van der Waals surface area contributed by atoms with Crippen molar-refractivity contribution in [1.29, 1.82) is 0 Å². The number of aromatic nitrogens is 6. The number of rotatable bonds is 12. The number of aryl methyl sites for hydroxylation is 1. The van der Waals surface area contributed by atoms with Crippen LogP contribution in [0.2, 0.25) is 25.7 Å². The highest BCUT2D eigenvalue weighted by Gasteiger charge is 2.35. The summed E-state index contributed by atoms with van der Waals surface area (Å²) in [5, 5.41) is 11.6. The average molecular weight is 689 g/mol. The lowest BCUT2D eigenvalue weighted by Gasteiger charge is -2.33. The summed E-state index contributed by atoms with van der Waals surface area (Å²) in [6.45, 7) is 8.47. The van der Waals surface area contributed by atoms with E-state index in [4.69, 9.17) is 14.2 Å². The van der Waals surface area contributed by atoms with Crippen LogP contribution in [0.1, 0.15) is 19.3 Å². The highest BCUT2D eigenvalue weighted by atomic mass is 28.3. The number of nitrogens with zero attached hydrogens (tertiary/aromatic N) is 7. The summed E-state index contributed by atoms with van der Waals surface area (Å²) in [7, 11) is 0.398. The number of hydrogen-bond acceptors (Lipinski definition) is 9. The van der Waals surface area contributed by atoms with Crippen molar-refractivity contribution in [2.24, 2.45) is 7.05 Å². The van der Waals surface area contributed by atoms with E-state index in [9.17, 15) is 8.78 Å². The minimum atomic E-state index is -2.69. The van der Waals surface area contributed by atoms with Crippen molar-refractivity contribution in [3.63, 3.8) is 0 Å². The zero-order valence-electron chi connectivity index (χ0n) is 27.5. The Labute approximate surface area is 277 Å². The third-order valence-electron chi connectivity index (χ3n) is 8.33. The molecule has 0 bridgehead atoms. The number of pyridine rings is 1. The summed E-state index contributed by atoms with van der Waals surface area (Å²) < 4.78 is 78.0. The predicted octanol–water partition coefficient (Wildman–Crippen LogP) is 6.48. The van der Waals surface area contributed by atoms with E-state index in [2.05, 4.69) is 45.1 Å². The van der Waals surface area contributed by atoms with Crippen LogP contribution in [0.15, 0.2) is 36.7 Å². The zero-order chi connectivity index (χ0) is 34.1. The van der Waals surface area contributed by atoms with Crippen LogP contribution in [0, 0.1) is 11.8 Å². The third-order valence-corrected chi connectivity index (χ3v) is 10.0. The second-order valence-corrected chi connectivity index (χ2v) is 19.0. The Balaban J connectivity index is 1.17. The molecule has 1 N–H and O–H groups in total. The van der Waals surface area contributed by atoms with Crippen LogP contribution < -0.4 is 15.0 Å². The van der Waals surface area contributed by atoms with Gasteiger partial charge in [-0.2, -0.15) is 14.5 Å². The number of ether oxygens (including phenoxy) is 3. The number of hydrogen-bond donors (Lipinski definition) is 1. The molecule has 2 aliphatic rings. The molecule has 0 radical (unpaired) electrons. The second kappa shape index (κ2) is 13.8. The first kappa shape index (κ1) is 33.9. The normalized spacial score (nSPS) is 18.0. The quantitative estimate of drug-likeness (QED) is 0.102. The van der Waals surface area contributed by atoms with Gasteiger partial charge in [-0.1, -0.05) is 19.6 Å². The van der Waals surface area contributed by atoms with E-state index >= 15 is 8.78 Å². The molecule has 4 aromatic rings. The van der Waals surface area contributed by atoms with Gasteiger partial charge in [-0.15, -0.1) is 5.10 Å². The molecular weight excluding hydrogens is 648 g/mol. The number of alkyl halides is 2. The molecule has 11 nitrogen and oxygen atoms in total. The van der Waals surface area contributed by atoms with Gasteiger partial charge in [0.05, 0.1) is 25.0 Å². The molecule has 16 heteroatoms. The number of anilines is 3. The van der Waals surface area contributed by atoms with Crippen molar-refractivity contribution in [1.82, 2.24) is 29.5 Å². The molecule has 2 saturated heterocycles. The highest BCUT2D eigenvalue weighted by Crippen LogP contribution is 2.37. The minimum Gasteiger partial charge on any atom is -0.484 e. The smallest absolute Gasteiger partial charge is 0.251 e. The second-order valence-electron chi connectivity index (χ2n) is 13.4. The van der Waals surface area contributed by atoms with E-state index in [1.807, 2.05) is 4.90 Å². The van der Waals surface area contributed by atoms with Crippen LogP contribution in [0.4, 0.5) is 35.0 Å². The van der Waals surface area contributed by atoms with E-state index in [-0.39, 0.29) is 49.9 Å². The van der Waals surface area contributed by atoms with Gasteiger partial charge in [0.25, 0.3) is 5.92 Å². The lowest BCUT2D eigenvalue weighted by molar-refractivity contribution is -0.0222. The Bertz CT molecular complexity index is 1730. The molecule has 1 aromatic carbocycles. The van der Waals surface area contributed by atoms with Crippen molar-refractivity contribution in [3.8, 4) is 28.3 Å². The van der Waals surface area contributed by atoms with Gasteiger partial charge in [-0.3, -0.25) is 0 Å². The van der Waals surface area contributed by atoms with Crippen LogP contribution in [0.5, 0.6) is 5.75 Å². The van der Waals surface area contributed by atoms with Crippen molar-refractivity contribution < 1.29 is 31.8 Å². The SMILES string of the molecule is Cn1nc(-c2cnc(N3CCC(F)(F)CC3)c(OC3CCOC3)c2)nc1Nc1ccc(-c2cnn(COCC[Si](C)(C)C)c2F)c(F)c1. The summed E-state index contributed by atoms with van der Waals surface area (Å²) in [5.41, 5.74) is 1.03. The van der Waals surface area contributed by atoms with Gasteiger partial charge in [-0.05, 0) is 30.3 Å². The average Bonchev–Trinajstić information content (AvgIpc) is 3.76. The fraction of sp³-hybridized carbons (Fsp3) is 0.500. The summed E-state index contributed by atoms with van der Waals surface area (Å²) in [4.78, 5) is 11.0. The van der Waals surface area contributed by atoms with Gasteiger partial charge in [0, 0.05) is 77.1 Å². The molecule has 1 unspecified atom stereocenters. The molecule has 0 spiro atoms. The Morgan fingerprint density at radius 2 is 1.88 bits per heavy atom.